The summed E-state index contributed by atoms with van der Waals surface area (Å²) in [4.78, 5) is 2.51. The Bertz CT molecular complexity index is 362. The topological polar surface area (TPSA) is 3.24 Å². The first-order valence-corrected chi connectivity index (χ1v) is 9.24. The lowest BCUT2D eigenvalue weighted by Gasteiger charge is -2.17. The smallest absolute Gasteiger partial charge is 0.0366 e. The number of hydrogen-bond donors (Lipinski definition) is 0. The highest BCUT2D eigenvalue weighted by Gasteiger charge is 2.11. The monoisotopic (exact) mass is 287 g/mol. The number of hydrogen-bond acceptors (Lipinski definition) is 1. The van der Waals surface area contributed by atoms with Gasteiger partial charge in [0.25, 0.3) is 0 Å². The first-order valence-electron chi connectivity index (χ1n) is 9.24. The van der Waals surface area contributed by atoms with E-state index in [1.165, 1.54) is 95.0 Å². The van der Waals surface area contributed by atoms with Crippen LogP contribution in [0, 0.1) is 0 Å². The first-order chi connectivity index (χ1) is 10.4. The molecule has 0 bridgehead atoms. The number of rotatable bonds is 10. The van der Waals surface area contributed by atoms with Gasteiger partial charge in [0, 0.05) is 18.8 Å². The van der Waals surface area contributed by atoms with E-state index in [9.17, 15) is 0 Å². The van der Waals surface area contributed by atoms with Gasteiger partial charge in [-0.2, -0.15) is 0 Å². The minimum absolute atomic E-state index is 1.25. The van der Waals surface area contributed by atoms with Gasteiger partial charge in [-0.15, -0.1) is 0 Å². The molecule has 1 aromatic carbocycles. The maximum Gasteiger partial charge on any atom is 0.0366 e. The van der Waals surface area contributed by atoms with Crippen molar-refractivity contribution in [2.24, 2.45) is 0 Å². The van der Waals surface area contributed by atoms with Crippen molar-refractivity contribution in [1.82, 2.24) is 0 Å². The van der Waals surface area contributed by atoms with Gasteiger partial charge in [0.2, 0.25) is 0 Å². The summed E-state index contributed by atoms with van der Waals surface area (Å²) in [6.45, 7) is 4.78. The van der Waals surface area contributed by atoms with Crippen molar-refractivity contribution in [3.63, 3.8) is 0 Å². The first kappa shape index (κ1) is 16.4. The number of benzene rings is 1. The molecule has 0 aliphatic carbocycles. The molecule has 0 unspecified atom stereocenters. The molecule has 0 aromatic heterocycles. The summed E-state index contributed by atoms with van der Waals surface area (Å²) in [7, 11) is 0. The maximum atomic E-state index is 2.51. The summed E-state index contributed by atoms with van der Waals surface area (Å²) < 4.78 is 0. The zero-order chi connectivity index (χ0) is 14.8. The molecule has 0 radical (unpaired) electrons. The molecule has 21 heavy (non-hydrogen) atoms. The van der Waals surface area contributed by atoms with Gasteiger partial charge in [-0.05, 0) is 43.4 Å². The van der Waals surface area contributed by atoms with Gasteiger partial charge < -0.3 is 4.90 Å². The molecule has 0 N–H and O–H groups in total. The number of aryl methyl sites for hydroxylation is 1. The van der Waals surface area contributed by atoms with E-state index in [2.05, 4.69) is 36.1 Å². The Morgan fingerprint density at radius 2 is 1.33 bits per heavy atom. The van der Waals surface area contributed by atoms with Crippen molar-refractivity contribution in [2.75, 3.05) is 18.0 Å². The van der Waals surface area contributed by atoms with E-state index in [4.69, 9.17) is 0 Å². The molecule has 1 saturated heterocycles. The fraction of sp³-hybridized carbons (Fsp3) is 0.700. The highest BCUT2D eigenvalue weighted by Crippen LogP contribution is 2.21. The third-order valence-corrected chi connectivity index (χ3v) is 4.73. The van der Waals surface area contributed by atoms with E-state index in [-0.39, 0.29) is 0 Å². The summed E-state index contributed by atoms with van der Waals surface area (Å²) >= 11 is 0. The minimum Gasteiger partial charge on any atom is -0.372 e. The molecule has 2 rings (SSSR count). The molecule has 0 atom stereocenters. The van der Waals surface area contributed by atoms with Gasteiger partial charge in [0.05, 0.1) is 0 Å². The van der Waals surface area contributed by atoms with Gasteiger partial charge in [0.1, 0.15) is 0 Å². The van der Waals surface area contributed by atoms with Crippen molar-refractivity contribution in [2.45, 2.75) is 77.6 Å². The van der Waals surface area contributed by atoms with Gasteiger partial charge in [-0.3, -0.25) is 0 Å². The molecule has 0 spiro atoms. The number of anilines is 1. The van der Waals surface area contributed by atoms with E-state index in [1.54, 1.807) is 0 Å². The Morgan fingerprint density at radius 3 is 1.95 bits per heavy atom. The van der Waals surface area contributed by atoms with Crippen LogP contribution >= 0.6 is 0 Å². The summed E-state index contributed by atoms with van der Waals surface area (Å²) in [5, 5.41) is 0. The molecule has 1 aliphatic heterocycles. The molecular weight excluding hydrogens is 254 g/mol. The molecule has 0 saturated carbocycles. The predicted octanol–water partition coefficient (Wildman–Crippen LogP) is 5.97. The molecule has 1 fully saturated rings. The molecule has 1 heteroatoms. The van der Waals surface area contributed by atoms with Crippen LogP contribution in [-0.4, -0.2) is 13.1 Å². The Balaban J connectivity index is 1.56. The quantitative estimate of drug-likeness (QED) is 0.479. The Hall–Kier alpha value is -0.980. The minimum atomic E-state index is 1.25. The van der Waals surface area contributed by atoms with Crippen LogP contribution in [0.1, 0.15) is 76.7 Å². The van der Waals surface area contributed by atoms with Crippen LogP contribution in [0.2, 0.25) is 0 Å². The SMILES string of the molecule is CCCCCCCCCCc1ccc(N2CCCC2)cc1. The van der Waals surface area contributed by atoms with Crippen molar-refractivity contribution >= 4 is 5.69 Å². The summed E-state index contributed by atoms with van der Waals surface area (Å²) in [6.07, 6.45) is 15.3. The second kappa shape index (κ2) is 9.87. The lowest BCUT2D eigenvalue weighted by molar-refractivity contribution is 0.575. The molecule has 1 aliphatic rings. The number of nitrogens with zero attached hydrogens (tertiary/aromatic N) is 1. The van der Waals surface area contributed by atoms with E-state index in [0.29, 0.717) is 0 Å². The second-order valence-corrected chi connectivity index (χ2v) is 6.59. The average Bonchev–Trinajstić information content (AvgIpc) is 3.05. The molecule has 118 valence electrons. The summed E-state index contributed by atoms with van der Waals surface area (Å²) in [5.41, 5.74) is 2.94. The van der Waals surface area contributed by atoms with Crippen molar-refractivity contribution in [1.29, 1.82) is 0 Å². The van der Waals surface area contributed by atoms with E-state index < -0.39 is 0 Å². The average molecular weight is 287 g/mol. The van der Waals surface area contributed by atoms with E-state index in [0.717, 1.165) is 0 Å². The van der Waals surface area contributed by atoms with Gasteiger partial charge in [-0.1, -0.05) is 64.0 Å². The highest BCUT2D eigenvalue weighted by atomic mass is 15.1. The zero-order valence-corrected chi connectivity index (χ0v) is 13.9. The highest BCUT2D eigenvalue weighted by molar-refractivity contribution is 5.48. The van der Waals surface area contributed by atoms with Crippen LogP contribution in [-0.2, 0) is 6.42 Å². The van der Waals surface area contributed by atoms with Gasteiger partial charge >= 0.3 is 0 Å². The summed E-state index contributed by atoms with van der Waals surface area (Å²) in [6, 6.07) is 9.33. The molecular formula is C20H33N. The van der Waals surface area contributed by atoms with Crippen LogP contribution in [0.15, 0.2) is 24.3 Å². The van der Waals surface area contributed by atoms with E-state index >= 15 is 0 Å². The lowest BCUT2D eigenvalue weighted by Crippen LogP contribution is -2.17. The second-order valence-electron chi connectivity index (χ2n) is 6.59. The van der Waals surface area contributed by atoms with Crippen LogP contribution in [0.5, 0.6) is 0 Å². The Labute approximate surface area is 131 Å². The third-order valence-electron chi connectivity index (χ3n) is 4.73. The normalized spacial score (nSPS) is 14.8. The maximum absolute atomic E-state index is 2.51. The molecule has 1 heterocycles. The molecule has 1 aromatic rings. The van der Waals surface area contributed by atoms with Gasteiger partial charge in [0.15, 0.2) is 0 Å². The fourth-order valence-electron chi connectivity index (χ4n) is 3.31. The van der Waals surface area contributed by atoms with Crippen LogP contribution in [0.3, 0.4) is 0 Å². The zero-order valence-electron chi connectivity index (χ0n) is 13.9. The largest absolute Gasteiger partial charge is 0.372 e. The van der Waals surface area contributed by atoms with Gasteiger partial charge in [-0.25, -0.2) is 0 Å². The van der Waals surface area contributed by atoms with Crippen LogP contribution in [0.25, 0.3) is 0 Å². The van der Waals surface area contributed by atoms with Crippen molar-refractivity contribution in [3.8, 4) is 0 Å². The predicted molar refractivity (Wildman–Crippen MR) is 94.2 cm³/mol. The summed E-state index contributed by atoms with van der Waals surface area (Å²) in [5.74, 6) is 0. The third kappa shape index (κ3) is 6.11. The van der Waals surface area contributed by atoms with Crippen LogP contribution in [0.4, 0.5) is 5.69 Å². The van der Waals surface area contributed by atoms with Crippen molar-refractivity contribution in [3.05, 3.63) is 29.8 Å². The Morgan fingerprint density at radius 1 is 0.762 bits per heavy atom. The number of unbranched alkanes of at least 4 members (excludes halogenated alkanes) is 7. The van der Waals surface area contributed by atoms with E-state index in [1.807, 2.05) is 0 Å². The molecule has 1 nitrogen and oxygen atoms in total. The fourth-order valence-corrected chi connectivity index (χ4v) is 3.31. The van der Waals surface area contributed by atoms with Crippen LogP contribution < -0.4 is 4.90 Å². The molecule has 0 amide bonds. The standard InChI is InChI=1S/C20H33N/c1-2-3-4-5-6-7-8-9-12-19-13-15-20(16-14-19)21-17-10-11-18-21/h13-16H,2-12,17-18H2,1H3. The Kier molecular flexibility index (Phi) is 7.70. The lowest BCUT2D eigenvalue weighted by atomic mass is 10.0. The van der Waals surface area contributed by atoms with Crippen molar-refractivity contribution < 1.29 is 0 Å².